The number of hydrogen-bond acceptors (Lipinski definition) is 3. The van der Waals surface area contributed by atoms with Crippen LogP contribution < -0.4 is 11.1 Å². The first-order valence-corrected chi connectivity index (χ1v) is 8.56. The Labute approximate surface area is 134 Å². The largest absolute Gasteiger partial charge is 0.399 e. The molecule has 0 aliphatic carbocycles. The van der Waals surface area contributed by atoms with E-state index in [1.807, 2.05) is 30.3 Å². The van der Waals surface area contributed by atoms with Crippen LogP contribution in [0.1, 0.15) is 5.56 Å². The summed E-state index contributed by atoms with van der Waals surface area (Å²) in [5.74, 6) is 0.0535. The van der Waals surface area contributed by atoms with Gasteiger partial charge in [0.15, 0.2) is 0 Å². The first-order chi connectivity index (χ1) is 10.0. The molecule has 1 atom stereocenters. The SMILES string of the molecule is Nc1ccc(NC(=O)CS(=O)Cc2ccccc2)c(Br)c1. The summed E-state index contributed by atoms with van der Waals surface area (Å²) in [5, 5.41) is 2.72. The molecule has 0 aromatic heterocycles. The van der Waals surface area contributed by atoms with Gasteiger partial charge >= 0.3 is 0 Å². The molecule has 0 spiro atoms. The Morgan fingerprint density at radius 3 is 2.57 bits per heavy atom. The van der Waals surface area contributed by atoms with Crippen LogP contribution >= 0.6 is 15.9 Å². The van der Waals surface area contributed by atoms with E-state index in [0.29, 0.717) is 21.6 Å². The van der Waals surface area contributed by atoms with Gasteiger partial charge in [-0.05, 0) is 39.7 Å². The molecular weight excluding hydrogens is 352 g/mol. The predicted octanol–water partition coefficient (Wildman–Crippen LogP) is 2.92. The molecule has 4 nitrogen and oxygen atoms in total. The number of carbonyl (C=O) groups is 1. The van der Waals surface area contributed by atoms with Crippen LogP contribution in [0.4, 0.5) is 11.4 Å². The highest BCUT2D eigenvalue weighted by Crippen LogP contribution is 2.24. The zero-order valence-electron chi connectivity index (χ0n) is 11.2. The summed E-state index contributed by atoms with van der Waals surface area (Å²) >= 11 is 3.33. The molecule has 2 aromatic carbocycles. The molecule has 0 heterocycles. The van der Waals surface area contributed by atoms with Crippen molar-refractivity contribution in [2.45, 2.75) is 5.75 Å². The first kappa shape index (κ1) is 15.7. The van der Waals surface area contributed by atoms with Gasteiger partial charge in [-0.1, -0.05) is 30.3 Å². The lowest BCUT2D eigenvalue weighted by atomic mass is 10.2. The van der Waals surface area contributed by atoms with Crippen molar-refractivity contribution in [1.29, 1.82) is 0 Å². The number of halogens is 1. The molecule has 3 N–H and O–H groups in total. The molecule has 0 aliphatic heterocycles. The lowest BCUT2D eigenvalue weighted by Crippen LogP contribution is -2.20. The van der Waals surface area contributed by atoms with Crippen molar-refractivity contribution in [1.82, 2.24) is 0 Å². The van der Waals surface area contributed by atoms with Crippen LogP contribution in [0.3, 0.4) is 0 Å². The average molecular weight is 367 g/mol. The topological polar surface area (TPSA) is 72.2 Å². The monoisotopic (exact) mass is 366 g/mol. The molecule has 0 saturated heterocycles. The van der Waals surface area contributed by atoms with Crippen LogP contribution in [-0.4, -0.2) is 15.9 Å². The van der Waals surface area contributed by atoms with Crippen LogP contribution in [0.2, 0.25) is 0 Å². The van der Waals surface area contributed by atoms with E-state index in [9.17, 15) is 9.00 Å². The fourth-order valence-electron chi connectivity index (χ4n) is 1.78. The van der Waals surface area contributed by atoms with Crippen LogP contribution in [-0.2, 0) is 21.3 Å². The van der Waals surface area contributed by atoms with Crippen LogP contribution in [0.5, 0.6) is 0 Å². The van der Waals surface area contributed by atoms with Crippen molar-refractivity contribution in [2.75, 3.05) is 16.8 Å². The highest BCUT2D eigenvalue weighted by atomic mass is 79.9. The summed E-state index contributed by atoms with van der Waals surface area (Å²) in [7, 11) is -1.24. The molecule has 1 amide bonds. The average Bonchev–Trinajstić information content (AvgIpc) is 2.43. The number of hydrogen-bond donors (Lipinski definition) is 2. The predicted molar refractivity (Wildman–Crippen MR) is 90.3 cm³/mol. The van der Waals surface area contributed by atoms with E-state index < -0.39 is 10.8 Å². The van der Waals surface area contributed by atoms with Gasteiger partial charge in [0.25, 0.3) is 0 Å². The maximum atomic E-state index is 12.0. The van der Waals surface area contributed by atoms with Crippen LogP contribution in [0.15, 0.2) is 53.0 Å². The lowest BCUT2D eigenvalue weighted by Gasteiger charge is -2.08. The number of rotatable bonds is 5. The van der Waals surface area contributed by atoms with Crippen molar-refractivity contribution in [3.63, 3.8) is 0 Å². The molecule has 0 saturated carbocycles. The molecule has 0 aliphatic rings. The lowest BCUT2D eigenvalue weighted by molar-refractivity contribution is -0.113. The van der Waals surface area contributed by atoms with Gasteiger partial charge in [0.2, 0.25) is 5.91 Å². The summed E-state index contributed by atoms with van der Waals surface area (Å²) in [4.78, 5) is 11.9. The third-order valence-corrected chi connectivity index (χ3v) is 4.63. The van der Waals surface area contributed by atoms with Gasteiger partial charge in [-0.25, -0.2) is 0 Å². The van der Waals surface area contributed by atoms with Crippen molar-refractivity contribution in [3.8, 4) is 0 Å². The zero-order valence-corrected chi connectivity index (χ0v) is 13.6. The molecule has 6 heteroatoms. The smallest absolute Gasteiger partial charge is 0.237 e. The molecule has 110 valence electrons. The minimum Gasteiger partial charge on any atom is -0.399 e. The number of nitrogens with one attached hydrogen (secondary N) is 1. The van der Waals surface area contributed by atoms with Gasteiger partial charge in [-0.3, -0.25) is 9.00 Å². The Morgan fingerprint density at radius 1 is 1.19 bits per heavy atom. The van der Waals surface area contributed by atoms with Crippen molar-refractivity contribution >= 4 is 44.0 Å². The highest BCUT2D eigenvalue weighted by molar-refractivity contribution is 9.10. The second-order valence-corrected chi connectivity index (χ2v) is 6.81. The molecule has 0 fully saturated rings. The van der Waals surface area contributed by atoms with E-state index in [-0.39, 0.29) is 11.7 Å². The summed E-state index contributed by atoms with van der Waals surface area (Å²) in [6.45, 7) is 0. The number of nitrogen functional groups attached to an aromatic ring is 1. The maximum Gasteiger partial charge on any atom is 0.237 e. The van der Waals surface area contributed by atoms with Gasteiger partial charge in [-0.15, -0.1) is 0 Å². The number of anilines is 2. The molecule has 0 radical (unpaired) electrons. The van der Waals surface area contributed by atoms with E-state index in [2.05, 4.69) is 21.2 Å². The van der Waals surface area contributed by atoms with E-state index in [4.69, 9.17) is 5.73 Å². The Kier molecular flexibility index (Phi) is 5.52. The second-order valence-electron chi connectivity index (χ2n) is 4.50. The maximum absolute atomic E-state index is 12.0. The number of benzene rings is 2. The van der Waals surface area contributed by atoms with Gasteiger partial charge in [0, 0.05) is 26.7 Å². The first-order valence-electron chi connectivity index (χ1n) is 6.28. The Morgan fingerprint density at radius 2 is 1.90 bits per heavy atom. The molecule has 1 unspecified atom stereocenters. The number of amides is 1. The van der Waals surface area contributed by atoms with Gasteiger partial charge in [-0.2, -0.15) is 0 Å². The van der Waals surface area contributed by atoms with Crippen molar-refractivity contribution in [3.05, 3.63) is 58.6 Å². The minimum atomic E-state index is -1.24. The standard InChI is InChI=1S/C15H15BrN2O2S/c16-13-8-12(17)6-7-14(13)18-15(19)10-21(20)9-11-4-2-1-3-5-11/h1-8H,9-10,17H2,(H,18,19). The van der Waals surface area contributed by atoms with Crippen LogP contribution in [0.25, 0.3) is 0 Å². The Bertz CT molecular complexity index is 662. The summed E-state index contributed by atoms with van der Waals surface area (Å²) < 4.78 is 12.7. The molecular formula is C15H15BrN2O2S. The van der Waals surface area contributed by atoms with E-state index >= 15 is 0 Å². The van der Waals surface area contributed by atoms with E-state index in [1.165, 1.54) is 0 Å². The molecule has 0 bridgehead atoms. The minimum absolute atomic E-state index is 0.0360. The summed E-state index contributed by atoms with van der Waals surface area (Å²) in [5.41, 5.74) is 7.81. The van der Waals surface area contributed by atoms with Crippen molar-refractivity contribution in [2.24, 2.45) is 0 Å². The number of carbonyl (C=O) groups excluding carboxylic acids is 1. The van der Waals surface area contributed by atoms with E-state index in [0.717, 1.165) is 5.56 Å². The Hall–Kier alpha value is -1.66. The number of nitrogens with two attached hydrogens (primary N) is 1. The highest BCUT2D eigenvalue weighted by Gasteiger charge is 2.10. The molecule has 2 rings (SSSR count). The van der Waals surface area contributed by atoms with Crippen molar-refractivity contribution < 1.29 is 9.00 Å². The fraction of sp³-hybridized carbons (Fsp3) is 0.133. The van der Waals surface area contributed by atoms with Crippen LogP contribution in [0, 0.1) is 0 Å². The summed E-state index contributed by atoms with van der Waals surface area (Å²) in [6.07, 6.45) is 0. The molecule has 2 aromatic rings. The summed E-state index contributed by atoms with van der Waals surface area (Å²) in [6, 6.07) is 14.6. The van der Waals surface area contributed by atoms with Gasteiger partial charge < -0.3 is 11.1 Å². The second kappa shape index (κ2) is 7.38. The van der Waals surface area contributed by atoms with Gasteiger partial charge in [0.1, 0.15) is 5.75 Å². The zero-order chi connectivity index (χ0) is 15.2. The fourth-order valence-corrected chi connectivity index (χ4v) is 3.30. The molecule has 21 heavy (non-hydrogen) atoms. The van der Waals surface area contributed by atoms with Gasteiger partial charge in [0.05, 0.1) is 5.69 Å². The quantitative estimate of drug-likeness (QED) is 0.799. The third kappa shape index (κ3) is 4.99. The normalized spacial score (nSPS) is 11.9. The third-order valence-electron chi connectivity index (χ3n) is 2.73. The van der Waals surface area contributed by atoms with E-state index in [1.54, 1.807) is 18.2 Å². The Balaban J connectivity index is 1.91.